The molecule has 2 rings (SSSR count). The van der Waals surface area contributed by atoms with Gasteiger partial charge in [-0.05, 0) is 18.6 Å². The van der Waals surface area contributed by atoms with Crippen LogP contribution in [0.1, 0.15) is 30.1 Å². The standard InChI is InChI=1S/C14H19N3O2.ClH/c1-2-13(18)17-8-7-10(9-17)16-14(19)11-5-3-4-6-12(11)15;/h3-6,10H,2,7-9,15H2,1H3,(H,16,19);1H. The van der Waals surface area contributed by atoms with Gasteiger partial charge in [0, 0.05) is 31.2 Å². The van der Waals surface area contributed by atoms with Gasteiger partial charge in [-0.25, -0.2) is 0 Å². The fraction of sp³-hybridized carbons (Fsp3) is 0.429. The normalized spacial score (nSPS) is 17.4. The SMILES string of the molecule is CCC(=O)N1CCC(NC(=O)c2ccccc2N)C1.Cl. The zero-order chi connectivity index (χ0) is 13.8. The highest BCUT2D eigenvalue weighted by atomic mass is 35.5. The van der Waals surface area contributed by atoms with E-state index in [4.69, 9.17) is 5.73 Å². The third-order valence-corrected chi connectivity index (χ3v) is 3.38. The van der Waals surface area contributed by atoms with Crippen molar-refractivity contribution < 1.29 is 9.59 Å². The highest BCUT2D eigenvalue weighted by molar-refractivity contribution is 5.99. The molecule has 1 aromatic rings. The molecule has 0 saturated carbocycles. The summed E-state index contributed by atoms with van der Waals surface area (Å²) in [6, 6.07) is 7.00. The molecule has 1 aromatic carbocycles. The van der Waals surface area contributed by atoms with Crippen LogP contribution < -0.4 is 11.1 Å². The molecular weight excluding hydrogens is 278 g/mol. The molecule has 0 aromatic heterocycles. The Morgan fingerprint density at radius 2 is 2.10 bits per heavy atom. The van der Waals surface area contributed by atoms with Gasteiger partial charge in [-0.2, -0.15) is 0 Å². The lowest BCUT2D eigenvalue weighted by molar-refractivity contribution is -0.129. The number of rotatable bonds is 3. The number of nitrogens with zero attached hydrogens (tertiary/aromatic N) is 1. The number of carbonyl (C=O) groups is 2. The summed E-state index contributed by atoms with van der Waals surface area (Å²) in [5.74, 6) is -0.0372. The van der Waals surface area contributed by atoms with Crippen molar-refractivity contribution >= 4 is 29.9 Å². The molecule has 1 atom stereocenters. The van der Waals surface area contributed by atoms with E-state index in [1.165, 1.54) is 0 Å². The van der Waals surface area contributed by atoms with E-state index in [0.717, 1.165) is 6.42 Å². The quantitative estimate of drug-likeness (QED) is 0.829. The lowest BCUT2D eigenvalue weighted by Crippen LogP contribution is -2.38. The van der Waals surface area contributed by atoms with Crippen molar-refractivity contribution in [1.29, 1.82) is 0 Å². The molecule has 0 spiro atoms. The zero-order valence-corrected chi connectivity index (χ0v) is 12.3. The van der Waals surface area contributed by atoms with Crippen molar-refractivity contribution in [2.45, 2.75) is 25.8 Å². The number of likely N-dealkylation sites (tertiary alicyclic amines) is 1. The van der Waals surface area contributed by atoms with Crippen molar-refractivity contribution in [3.8, 4) is 0 Å². The fourth-order valence-electron chi connectivity index (χ4n) is 2.30. The summed E-state index contributed by atoms with van der Waals surface area (Å²) in [4.78, 5) is 25.4. The first-order chi connectivity index (χ1) is 9.11. The lowest BCUT2D eigenvalue weighted by Gasteiger charge is -2.16. The molecule has 1 unspecified atom stereocenters. The lowest BCUT2D eigenvalue weighted by atomic mass is 10.1. The summed E-state index contributed by atoms with van der Waals surface area (Å²) < 4.78 is 0. The molecule has 0 bridgehead atoms. The topological polar surface area (TPSA) is 75.4 Å². The van der Waals surface area contributed by atoms with Gasteiger partial charge in [-0.1, -0.05) is 19.1 Å². The molecular formula is C14H20ClN3O2. The minimum atomic E-state index is -0.172. The Morgan fingerprint density at radius 1 is 1.40 bits per heavy atom. The van der Waals surface area contributed by atoms with Crippen LogP contribution in [0.5, 0.6) is 0 Å². The molecule has 110 valence electrons. The van der Waals surface area contributed by atoms with Crippen LogP contribution in [0.4, 0.5) is 5.69 Å². The number of nitrogen functional groups attached to an aromatic ring is 1. The molecule has 1 saturated heterocycles. The molecule has 5 nitrogen and oxygen atoms in total. The summed E-state index contributed by atoms with van der Waals surface area (Å²) in [7, 11) is 0. The van der Waals surface area contributed by atoms with E-state index in [9.17, 15) is 9.59 Å². The van der Waals surface area contributed by atoms with Gasteiger partial charge in [0.2, 0.25) is 5.91 Å². The van der Waals surface area contributed by atoms with Gasteiger partial charge in [0.05, 0.1) is 5.56 Å². The minimum absolute atomic E-state index is 0. The number of amides is 2. The number of anilines is 1. The third-order valence-electron chi connectivity index (χ3n) is 3.38. The first kappa shape index (κ1) is 16.3. The second-order valence-corrected chi connectivity index (χ2v) is 4.74. The van der Waals surface area contributed by atoms with Crippen LogP contribution in [0.2, 0.25) is 0 Å². The van der Waals surface area contributed by atoms with E-state index in [2.05, 4.69) is 5.32 Å². The number of benzene rings is 1. The third kappa shape index (κ3) is 3.63. The van der Waals surface area contributed by atoms with Gasteiger partial charge >= 0.3 is 0 Å². The first-order valence-corrected chi connectivity index (χ1v) is 6.55. The smallest absolute Gasteiger partial charge is 0.253 e. The minimum Gasteiger partial charge on any atom is -0.398 e. The van der Waals surface area contributed by atoms with Crippen molar-refractivity contribution in [3.05, 3.63) is 29.8 Å². The Morgan fingerprint density at radius 3 is 2.75 bits per heavy atom. The van der Waals surface area contributed by atoms with Gasteiger partial charge in [0.25, 0.3) is 5.91 Å². The molecule has 2 amide bonds. The van der Waals surface area contributed by atoms with E-state index >= 15 is 0 Å². The van der Waals surface area contributed by atoms with Crippen molar-refractivity contribution in [3.63, 3.8) is 0 Å². The number of hydrogen-bond acceptors (Lipinski definition) is 3. The second kappa shape index (κ2) is 7.14. The highest BCUT2D eigenvalue weighted by Gasteiger charge is 2.26. The fourth-order valence-corrected chi connectivity index (χ4v) is 2.30. The summed E-state index contributed by atoms with van der Waals surface area (Å²) >= 11 is 0. The van der Waals surface area contributed by atoms with E-state index in [1.807, 2.05) is 6.92 Å². The summed E-state index contributed by atoms with van der Waals surface area (Å²) in [6.45, 7) is 3.14. The predicted octanol–water partition coefficient (Wildman–Crippen LogP) is 1.43. The Bertz CT molecular complexity index is 493. The van der Waals surface area contributed by atoms with Gasteiger partial charge < -0.3 is 16.0 Å². The molecule has 0 radical (unpaired) electrons. The summed E-state index contributed by atoms with van der Waals surface area (Å²) in [5.41, 5.74) is 6.73. The zero-order valence-electron chi connectivity index (χ0n) is 11.5. The van der Waals surface area contributed by atoms with Crippen molar-refractivity contribution in [2.24, 2.45) is 0 Å². The first-order valence-electron chi connectivity index (χ1n) is 6.55. The monoisotopic (exact) mass is 297 g/mol. The van der Waals surface area contributed by atoms with Crippen LogP contribution >= 0.6 is 12.4 Å². The summed E-state index contributed by atoms with van der Waals surface area (Å²) in [5, 5.41) is 2.93. The van der Waals surface area contributed by atoms with Gasteiger partial charge in [0.1, 0.15) is 0 Å². The van der Waals surface area contributed by atoms with Crippen LogP contribution in [-0.4, -0.2) is 35.8 Å². The predicted molar refractivity (Wildman–Crippen MR) is 80.8 cm³/mol. The molecule has 1 fully saturated rings. The molecule has 3 N–H and O–H groups in total. The largest absolute Gasteiger partial charge is 0.398 e. The molecule has 1 aliphatic rings. The molecule has 1 heterocycles. The maximum absolute atomic E-state index is 12.1. The van der Waals surface area contributed by atoms with Gasteiger partial charge in [-0.15, -0.1) is 12.4 Å². The Hall–Kier alpha value is -1.75. The highest BCUT2D eigenvalue weighted by Crippen LogP contribution is 2.14. The molecule has 20 heavy (non-hydrogen) atoms. The number of nitrogens with two attached hydrogens (primary N) is 1. The Labute approximate surface area is 124 Å². The van der Waals surface area contributed by atoms with Crippen molar-refractivity contribution in [1.82, 2.24) is 10.2 Å². The number of hydrogen-bond donors (Lipinski definition) is 2. The average Bonchev–Trinajstić information content (AvgIpc) is 2.86. The number of para-hydroxylation sites is 1. The van der Waals surface area contributed by atoms with Gasteiger partial charge in [-0.3, -0.25) is 9.59 Å². The van der Waals surface area contributed by atoms with E-state index in [-0.39, 0.29) is 30.3 Å². The number of nitrogens with one attached hydrogen (secondary N) is 1. The maximum atomic E-state index is 12.1. The molecule has 1 aliphatic heterocycles. The average molecular weight is 298 g/mol. The number of halogens is 1. The number of carbonyl (C=O) groups excluding carboxylic acids is 2. The summed E-state index contributed by atoms with van der Waals surface area (Å²) in [6.07, 6.45) is 1.30. The second-order valence-electron chi connectivity index (χ2n) is 4.74. The van der Waals surface area contributed by atoms with E-state index in [1.54, 1.807) is 29.2 Å². The van der Waals surface area contributed by atoms with Crippen LogP contribution in [0, 0.1) is 0 Å². The van der Waals surface area contributed by atoms with E-state index in [0.29, 0.717) is 30.8 Å². The van der Waals surface area contributed by atoms with Crippen molar-refractivity contribution in [2.75, 3.05) is 18.8 Å². The van der Waals surface area contributed by atoms with Gasteiger partial charge in [0.15, 0.2) is 0 Å². The van der Waals surface area contributed by atoms with Crippen LogP contribution in [0.25, 0.3) is 0 Å². The van der Waals surface area contributed by atoms with Crippen LogP contribution in [0.3, 0.4) is 0 Å². The maximum Gasteiger partial charge on any atom is 0.253 e. The van der Waals surface area contributed by atoms with E-state index < -0.39 is 0 Å². The van der Waals surface area contributed by atoms with Crippen LogP contribution in [0.15, 0.2) is 24.3 Å². The van der Waals surface area contributed by atoms with Crippen LogP contribution in [-0.2, 0) is 4.79 Å². The Kier molecular flexibility index (Phi) is 5.82. The Balaban J connectivity index is 0.00000200. The molecule has 6 heteroatoms. The molecule has 0 aliphatic carbocycles.